The molecule has 25 heavy (non-hydrogen) atoms. The van der Waals surface area contributed by atoms with Gasteiger partial charge in [-0.15, -0.1) is 5.10 Å². The van der Waals surface area contributed by atoms with Crippen molar-refractivity contribution < 1.29 is 4.74 Å². The standard InChI is InChI=1S/C14H15N7O3S/c1-4-24-10-8-6-5-7-9(10)21-13(15-17-18-21)25-11-12(22)19(2)14(23)20(3)16-11/h5-8H,4H2,1-3H3. The van der Waals surface area contributed by atoms with Crippen LogP contribution in [-0.4, -0.2) is 41.2 Å². The van der Waals surface area contributed by atoms with E-state index in [0.717, 1.165) is 21.0 Å². The Morgan fingerprint density at radius 3 is 2.72 bits per heavy atom. The van der Waals surface area contributed by atoms with Crippen LogP contribution in [0.15, 0.2) is 44.0 Å². The molecule has 0 aliphatic rings. The highest BCUT2D eigenvalue weighted by Gasteiger charge is 2.18. The zero-order chi connectivity index (χ0) is 18.0. The predicted molar refractivity (Wildman–Crippen MR) is 89.2 cm³/mol. The summed E-state index contributed by atoms with van der Waals surface area (Å²) in [6.07, 6.45) is 0. The van der Waals surface area contributed by atoms with Gasteiger partial charge in [-0.2, -0.15) is 9.78 Å². The molecule has 0 N–H and O–H groups in total. The first-order valence-electron chi connectivity index (χ1n) is 7.35. The number of ether oxygens (including phenoxy) is 1. The van der Waals surface area contributed by atoms with Crippen molar-refractivity contribution in [1.82, 2.24) is 34.6 Å². The van der Waals surface area contributed by atoms with Crippen LogP contribution in [0.3, 0.4) is 0 Å². The number of benzene rings is 1. The molecule has 11 heteroatoms. The number of para-hydroxylation sites is 2. The number of aromatic nitrogens is 7. The maximum Gasteiger partial charge on any atom is 0.346 e. The van der Waals surface area contributed by atoms with Crippen LogP contribution >= 0.6 is 11.8 Å². The highest BCUT2D eigenvalue weighted by atomic mass is 32.2. The smallest absolute Gasteiger partial charge is 0.346 e. The van der Waals surface area contributed by atoms with Gasteiger partial charge in [-0.05, 0) is 41.2 Å². The van der Waals surface area contributed by atoms with Gasteiger partial charge in [0.05, 0.1) is 6.61 Å². The van der Waals surface area contributed by atoms with Crippen molar-refractivity contribution in [2.24, 2.45) is 14.1 Å². The zero-order valence-corrected chi connectivity index (χ0v) is 14.6. The van der Waals surface area contributed by atoms with Gasteiger partial charge in [0.25, 0.3) is 5.56 Å². The lowest BCUT2D eigenvalue weighted by Crippen LogP contribution is -2.39. The SMILES string of the molecule is CCOc1ccccc1-n1nnnc1Sc1nn(C)c(=O)n(C)c1=O. The van der Waals surface area contributed by atoms with E-state index in [-0.39, 0.29) is 5.03 Å². The molecule has 1 aromatic carbocycles. The monoisotopic (exact) mass is 361 g/mol. The molecule has 3 aromatic rings. The second-order valence-corrected chi connectivity index (χ2v) is 5.91. The normalized spacial score (nSPS) is 10.8. The second-order valence-electron chi connectivity index (χ2n) is 4.95. The molecule has 0 aliphatic carbocycles. The first kappa shape index (κ1) is 16.9. The van der Waals surface area contributed by atoms with Crippen molar-refractivity contribution in [3.05, 3.63) is 45.1 Å². The third-order valence-electron chi connectivity index (χ3n) is 3.31. The maximum absolute atomic E-state index is 12.2. The number of aryl methyl sites for hydroxylation is 1. The summed E-state index contributed by atoms with van der Waals surface area (Å²) in [5, 5.41) is 16.0. The molecule has 0 unspecified atom stereocenters. The molecule has 3 rings (SSSR count). The van der Waals surface area contributed by atoms with Crippen molar-refractivity contribution in [3.63, 3.8) is 0 Å². The van der Waals surface area contributed by atoms with E-state index in [0.29, 0.717) is 23.2 Å². The molecule has 0 radical (unpaired) electrons. The van der Waals surface area contributed by atoms with Crippen molar-refractivity contribution in [2.75, 3.05) is 6.61 Å². The third-order valence-corrected chi connectivity index (χ3v) is 4.20. The van der Waals surface area contributed by atoms with Crippen LogP contribution in [0.25, 0.3) is 5.69 Å². The van der Waals surface area contributed by atoms with Crippen molar-refractivity contribution in [2.45, 2.75) is 17.1 Å². The summed E-state index contributed by atoms with van der Waals surface area (Å²) in [6.45, 7) is 2.37. The van der Waals surface area contributed by atoms with E-state index in [1.165, 1.54) is 18.8 Å². The van der Waals surface area contributed by atoms with Gasteiger partial charge in [0.2, 0.25) is 5.16 Å². The molecule has 0 saturated carbocycles. The topological polar surface area (TPSA) is 110 Å². The van der Waals surface area contributed by atoms with Gasteiger partial charge in [0.15, 0.2) is 5.03 Å². The lowest BCUT2D eigenvalue weighted by molar-refractivity contribution is 0.337. The molecule has 0 bridgehead atoms. The molecular weight excluding hydrogens is 346 g/mol. The van der Waals surface area contributed by atoms with Gasteiger partial charge in [0, 0.05) is 14.1 Å². The second kappa shape index (κ2) is 6.89. The summed E-state index contributed by atoms with van der Waals surface area (Å²) in [6, 6.07) is 7.28. The van der Waals surface area contributed by atoms with E-state index in [1.807, 2.05) is 19.1 Å². The fraction of sp³-hybridized carbons (Fsp3) is 0.286. The number of hydrogen-bond acceptors (Lipinski definition) is 8. The Kier molecular flexibility index (Phi) is 4.65. The average Bonchev–Trinajstić information content (AvgIpc) is 3.06. The maximum atomic E-state index is 12.2. The molecule has 10 nitrogen and oxygen atoms in total. The van der Waals surface area contributed by atoms with Crippen LogP contribution in [0.1, 0.15) is 6.92 Å². The lowest BCUT2D eigenvalue weighted by Gasteiger charge is -2.10. The molecule has 2 aromatic heterocycles. The van der Waals surface area contributed by atoms with E-state index in [2.05, 4.69) is 20.6 Å². The third kappa shape index (κ3) is 3.18. The Bertz CT molecular complexity index is 1020. The molecule has 2 heterocycles. The minimum atomic E-state index is -0.513. The summed E-state index contributed by atoms with van der Waals surface area (Å²) in [7, 11) is 2.86. The lowest BCUT2D eigenvalue weighted by atomic mass is 10.3. The summed E-state index contributed by atoms with van der Waals surface area (Å²) in [5.74, 6) is 0.612. The summed E-state index contributed by atoms with van der Waals surface area (Å²) < 4.78 is 9.12. The van der Waals surface area contributed by atoms with Gasteiger partial charge in [-0.3, -0.25) is 9.36 Å². The minimum Gasteiger partial charge on any atom is -0.492 e. The Balaban J connectivity index is 2.05. The molecule has 0 spiro atoms. The number of tetrazole rings is 1. The van der Waals surface area contributed by atoms with Crippen LogP contribution < -0.4 is 16.0 Å². The molecule has 0 atom stereocenters. The van der Waals surface area contributed by atoms with Gasteiger partial charge >= 0.3 is 5.69 Å². The van der Waals surface area contributed by atoms with E-state index in [4.69, 9.17) is 4.74 Å². The number of rotatable bonds is 5. The van der Waals surface area contributed by atoms with Crippen LogP contribution in [0.5, 0.6) is 5.75 Å². The number of hydrogen-bond donors (Lipinski definition) is 0. The van der Waals surface area contributed by atoms with Crippen LogP contribution in [0.2, 0.25) is 0 Å². The van der Waals surface area contributed by atoms with E-state index < -0.39 is 11.2 Å². The number of nitrogens with zero attached hydrogens (tertiary/aromatic N) is 7. The zero-order valence-electron chi connectivity index (χ0n) is 13.8. The highest BCUT2D eigenvalue weighted by molar-refractivity contribution is 7.99. The Hall–Kier alpha value is -2.95. The first-order valence-corrected chi connectivity index (χ1v) is 8.17. The fourth-order valence-corrected chi connectivity index (χ4v) is 2.98. The Labute approximate surface area is 146 Å². The molecular formula is C14H15N7O3S. The van der Waals surface area contributed by atoms with Gasteiger partial charge in [-0.1, -0.05) is 12.1 Å². The summed E-state index contributed by atoms with van der Waals surface area (Å²) in [4.78, 5) is 24.0. The molecule has 0 fully saturated rings. The quantitative estimate of drug-likeness (QED) is 0.625. The van der Waals surface area contributed by atoms with Crippen LogP contribution in [0, 0.1) is 0 Å². The van der Waals surface area contributed by atoms with Crippen LogP contribution in [-0.2, 0) is 14.1 Å². The Morgan fingerprint density at radius 2 is 1.96 bits per heavy atom. The van der Waals surface area contributed by atoms with Gasteiger partial charge < -0.3 is 4.74 Å². The average molecular weight is 361 g/mol. The van der Waals surface area contributed by atoms with Crippen molar-refractivity contribution in [3.8, 4) is 11.4 Å². The van der Waals surface area contributed by atoms with Crippen LogP contribution in [0.4, 0.5) is 0 Å². The van der Waals surface area contributed by atoms with E-state index in [9.17, 15) is 9.59 Å². The first-order chi connectivity index (χ1) is 12.0. The van der Waals surface area contributed by atoms with E-state index in [1.54, 1.807) is 12.1 Å². The highest BCUT2D eigenvalue weighted by Crippen LogP contribution is 2.27. The molecule has 0 aliphatic heterocycles. The van der Waals surface area contributed by atoms with Gasteiger partial charge in [0.1, 0.15) is 11.4 Å². The fourth-order valence-electron chi connectivity index (χ4n) is 2.12. The van der Waals surface area contributed by atoms with Crippen molar-refractivity contribution >= 4 is 11.8 Å². The largest absolute Gasteiger partial charge is 0.492 e. The predicted octanol–water partition coefficient (Wildman–Crippen LogP) is 0.00460. The van der Waals surface area contributed by atoms with E-state index >= 15 is 0 Å². The molecule has 130 valence electrons. The Morgan fingerprint density at radius 1 is 1.20 bits per heavy atom. The molecule has 0 amide bonds. The van der Waals surface area contributed by atoms with Crippen molar-refractivity contribution in [1.29, 1.82) is 0 Å². The molecule has 0 saturated heterocycles. The minimum absolute atomic E-state index is 0.0922. The summed E-state index contributed by atoms with van der Waals surface area (Å²) >= 11 is 0.973. The summed E-state index contributed by atoms with van der Waals surface area (Å²) in [5.41, 5.74) is -0.380. The van der Waals surface area contributed by atoms with Gasteiger partial charge in [-0.25, -0.2) is 9.48 Å².